The number of thioether (sulfide) groups is 1. The van der Waals surface area contributed by atoms with E-state index in [0.717, 1.165) is 16.7 Å². The number of urea groups is 1. The largest absolute Gasteiger partial charge is 0.508 e. The second-order valence-corrected chi connectivity index (χ2v) is 14.5. The molecule has 0 aliphatic carbocycles. The average Bonchev–Trinajstić information content (AvgIpc) is 3.23. The van der Waals surface area contributed by atoms with Gasteiger partial charge in [0.05, 0.1) is 10.2 Å². The molecule has 1 aromatic rings. The smallest absolute Gasteiger partial charge is 0.357 e. The number of imide groups is 1. The standard InChI is InChI=1S/C30H38N6O11S/c1-7-34-12-13-35(23(42)22(34)41)27(45)32-18(16-8-10-17(38)11-9-16)20(39)33-30(26(44)47-15-46-25(43)28(2,3)4)29(5,6)48-24-19(31-14-37)21(40)36(24)30/h8-11,14,18-19,24,38H,7,12-13,15H2,1-6H3,(H,31,37)(H,32,45)(H,33,39)/t18?,19-,24+,30-/m0/s1. The van der Waals surface area contributed by atoms with E-state index in [4.69, 9.17) is 9.47 Å². The number of phenolic OH excluding ortho intramolecular Hbond substituents is 1. The maximum atomic E-state index is 14.3. The molecule has 18 heteroatoms. The third kappa shape index (κ3) is 6.35. The average molecular weight is 691 g/mol. The summed E-state index contributed by atoms with van der Waals surface area (Å²) in [7, 11) is 0. The number of likely N-dealkylation sites (N-methyl/N-ethyl adjacent to an activating group) is 1. The van der Waals surface area contributed by atoms with Crippen LogP contribution in [0.25, 0.3) is 0 Å². The summed E-state index contributed by atoms with van der Waals surface area (Å²) in [6, 6.07) is 1.35. The van der Waals surface area contributed by atoms with Crippen LogP contribution in [0.15, 0.2) is 24.3 Å². The highest BCUT2D eigenvalue weighted by atomic mass is 32.2. The van der Waals surface area contributed by atoms with Gasteiger partial charge in [0.15, 0.2) is 0 Å². The van der Waals surface area contributed by atoms with Gasteiger partial charge in [0.25, 0.3) is 5.91 Å². The van der Waals surface area contributed by atoms with Crippen molar-refractivity contribution in [2.45, 2.75) is 69.4 Å². The van der Waals surface area contributed by atoms with Crippen LogP contribution in [-0.4, -0.2) is 116 Å². The van der Waals surface area contributed by atoms with Gasteiger partial charge in [-0.25, -0.2) is 9.59 Å². The van der Waals surface area contributed by atoms with Gasteiger partial charge in [-0.05, 0) is 59.2 Å². The van der Waals surface area contributed by atoms with Crippen molar-refractivity contribution in [3.05, 3.63) is 29.8 Å². The molecule has 4 N–H and O–H groups in total. The van der Waals surface area contributed by atoms with Crippen molar-refractivity contribution >= 4 is 59.8 Å². The predicted molar refractivity (Wildman–Crippen MR) is 166 cm³/mol. The Morgan fingerprint density at radius 2 is 1.71 bits per heavy atom. The number of fused-ring (bicyclic) bond motifs is 1. The van der Waals surface area contributed by atoms with Gasteiger partial charge in [-0.1, -0.05) is 12.1 Å². The molecular formula is C30H38N6O11S. The minimum atomic E-state index is -2.27. The van der Waals surface area contributed by atoms with Gasteiger partial charge < -0.3 is 35.4 Å². The van der Waals surface area contributed by atoms with Crippen LogP contribution < -0.4 is 16.0 Å². The fourth-order valence-electron chi connectivity index (χ4n) is 5.50. The number of benzene rings is 1. The number of piperazine rings is 1. The molecule has 3 saturated heterocycles. The van der Waals surface area contributed by atoms with E-state index in [-0.39, 0.29) is 30.9 Å². The first-order valence-electron chi connectivity index (χ1n) is 15.0. The first-order chi connectivity index (χ1) is 22.4. The third-order valence-corrected chi connectivity index (χ3v) is 9.83. The van der Waals surface area contributed by atoms with Crippen molar-refractivity contribution in [3.8, 4) is 5.75 Å². The van der Waals surface area contributed by atoms with Crippen LogP contribution in [-0.2, 0) is 43.0 Å². The second-order valence-electron chi connectivity index (χ2n) is 12.7. The maximum absolute atomic E-state index is 14.3. The highest BCUT2D eigenvalue weighted by molar-refractivity contribution is 8.01. The molecule has 4 atom stereocenters. The number of rotatable bonds is 10. The number of nitrogens with zero attached hydrogens (tertiary/aromatic N) is 3. The Bertz CT molecular complexity index is 1530. The molecule has 0 spiro atoms. The summed E-state index contributed by atoms with van der Waals surface area (Å²) in [5, 5.41) is 16.5. The van der Waals surface area contributed by atoms with Crippen LogP contribution >= 0.6 is 11.8 Å². The van der Waals surface area contributed by atoms with Gasteiger partial charge in [0, 0.05) is 19.6 Å². The van der Waals surface area contributed by atoms with Gasteiger partial charge in [0.2, 0.25) is 24.8 Å². The van der Waals surface area contributed by atoms with Crippen molar-refractivity contribution in [3.63, 3.8) is 0 Å². The zero-order valence-corrected chi connectivity index (χ0v) is 28.0. The summed E-state index contributed by atoms with van der Waals surface area (Å²) in [4.78, 5) is 107. The zero-order valence-electron chi connectivity index (χ0n) is 27.2. The lowest BCUT2D eigenvalue weighted by atomic mass is 9.87. The van der Waals surface area contributed by atoms with Crippen LogP contribution in [0.2, 0.25) is 0 Å². The van der Waals surface area contributed by atoms with E-state index in [2.05, 4.69) is 16.0 Å². The molecule has 4 rings (SSSR count). The minimum Gasteiger partial charge on any atom is -0.508 e. The van der Waals surface area contributed by atoms with E-state index in [0.29, 0.717) is 11.3 Å². The second kappa shape index (κ2) is 13.3. The SMILES string of the molecule is CCN1CCN(C(=O)NC(C(=O)N[C@@]2(C(=O)OCOC(=O)C(C)(C)C)N3C(=O)[C@H](NC=O)[C@H]3SC2(C)C)c2ccc(O)cc2)C(=O)C1=O. The van der Waals surface area contributed by atoms with E-state index in [1.54, 1.807) is 41.5 Å². The van der Waals surface area contributed by atoms with Crippen LogP contribution in [0, 0.1) is 5.41 Å². The Balaban J connectivity index is 1.70. The number of esters is 2. The number of amides is 7. The fourth-order valence-corrected chi connectivity index (χ4v) is 7.20. The van der Waals surface area contributed by atoms with E-state index >= 15 is 0 Å². The fraction of sp³-hybridized carbons (Fsp3) is 0.533. The number of phenols is 1. The van der Waals surface area contributed by atoms with E-state index in [1.807, 2.05) is 0 Å². The summed E-state index contributed by atoms with van der Waals surface area (Å²) in [6.45, 7) is 8.85. The summed E-state index contributed by atoms with van der Waals surface area (Å²) in [5.74, 6) is -5.81. The number of hydrogen-bond acceptors (Lipinski definition) is 12. The lowest BCUT2D eigenvalue weighted by molar-refractivity contribution is -0.192. The molecule has 3 aliphatic rings. The minimum absolute atomic E-state index is 0.0686. The molecule has 0 aromatic heterocycles. The van der Waals surface area contributed by atoms with Gasteiger partial charge in [0.1, 0.15) is 23.2 Å². The summed E-state index contributed by atoms with van der Waals surface area (Å²) in [5.41, 5.74) is -3.11. The molecule has 3 aliphatic heterocycles. The summed E-state index contributed by atoms with van der Waals surface area (Å²) in [6.07, 6.45) is 0.332. The van der Waals surface area contributed by atoms with Crippen LogP contribution in [0.3, 0.4) is 0 Å². The van der Waals surface area contributed by atoms with Crippen molar-refractivity contribution < 1.29 is 52.9 Å². The van der Waals surface area contributed by atoms with Gasteiger partial charge in [-0.15, -0.1) is 11.8 Å². The molecule has 3 fully saturated rings. The number of carbonyl (C=O) groups is 8. The number of β-lactam (4-membered cyclic amide) rings is 1. The molecule has 7 amide bonds. The third-order valence-electron chi connectivity index (χ3n) is 8.22. The van der Waals surface area contributed by atoms with Crippen molar-refractivity contribution in [2.75, 3.05) is 26.4 Å². The molecule has 3 heterocycles. The van der Waals surface area contributed by atoms with E-state index in [9.17, 15) is 43.5 Å². The zero-order chi connectivity index (χ0) is 35.8. The number of aromatic hydroxyl groups is 1. The van der Waals surface area contributed by atoms with E-state index in [1.165, 1.54) is 29.2 Å². The number of carbonyl (C=O) groups excluding carboxylic acids is 8. The molecule has 0 radical (unpaired) electrons. The van der Waals surface area contributed by atoms with Gasteiger partial charge in [-0.2, -0.15) is 0 Å². The normalized spacial score (nSPS) is 23.8. The molecule has 48 heavy (non-hydrogen) atoms. The van der Waals surface area contributed by atoms with Crippen LogP contribution in [0.5, 0.6) is 5.75 Å². The first-order valence-corrected chi connectivity index (χ1v) is 15.9. The molecular weight excluding hydrogens is 652 g/mol. The number of nitrogens with one attached hydrogen (secondary N) is 3. The van der Waals surface area contributed by atoms with Gasteiger partial charge >= 0.3 is 29.8 Å². The van der Waals surface area contributed by atoms with Crippen molar-refractivity contribution in [1.29, 1.82) is 0 Å². The predicted octanol–water partition coefficient (Wildman–Crippen LogP) is -0.456. The Morgan fingerprint density at radius 3 is 2.29 bits per heavy atom. The molecule has 17 nitrogen and oxygen atoms in total. The van der Waals surface area contributed by atoms with E-state index < -0.39 is 81.7 Å². The molecule has 0 saturated carbocycles. The van der Waals surface area contributed by atoms with Gasteiger partial charge in [-0.3, -0.25) is 38.6 Å². The quantitative estimate of drug-likeness (QED) is 0.0806. The van der Waals surface area contributed by atoms with Crippen molar-refractivity contribution in [2.24, 2.45) is 5.41 Å². The van der Waals surface area contributed by atoms with Crippen LogP contribution in [0.4, 0.5) is 4.79 Å². The number of ether oxygens (including phenoxy) is 2. The highest BCUT2D eigenvalue weighted by Crippen LogP contribution is 2.56. The number of hydrogen-bond donors (Lipinski definition) is 4. The van der Waals surface area contributed by atoms with Crippen LogP contribution in [0.1, 0.15) is 53.1 Å². The lowest BCUT2D eigenvalue weighted by Gasteiger charge is -2.50. The molecule has 1 unspecified atom stereocenters. The highest BCUT2D eigenvalue weighted by Gasteiger charge is 2.74. The molecule has 0 bridgehead atoms. The Labute approximate surface area is 280 Å². The monoisotopic (exact) mass is 690 g/mol. The Kier molecular flexibility index (Phi) is 9.99. The summed E-state index contributed by atoms with van der Waals surface area (Å²) >= 11 is 1.08. The first kappa shape index (κ1) is 36.0. The molecule has 1 aromatic carbocycles. The summed E-state index contributed by atoms with van der Waals surface area (Å²) < 4.78 is 9.08. The Hall–Kier alpha value is -4.87. The lowest BCUT2D eigenvalue weighted by Crippen LogP contribution is -2.80. The van der Waals surface area contributed by atoms with Crippen molar-refractivity contribution in [1.82, 2.24) is 30.7 Å². The maximum Gasteiger partial charge on any atom is 0.357 e. The Morgan fingerprint density at radius 1 is 1.06 bits per heavy atom. The topological polar surface area (TPSA) is 221 Å². The molecule has 260 valence electrons.